The number of rotatable bonds is 5. The predicted molar refractivity (Wildman–Crippen MR) is 71.7 cm³/mol. The lowest BCUT2D eigenvalue weighted by molar-refractivity contribution is -0.144. The molecule has 2 rings (SSSR count). The van der Waals surface area contributed by atoms with Gasteiger partial charge in [-0.2, -0.15) is 5.10 Å². The number of aryl methyl sites for hydroxylation is 1. The summed E-state index contributed by atoms with van der Waals surface area (Å²) >= 11 is 0. The summed E-state index contributed by atoms with van der Waals surface area (Å²) in [5, 5.41) is 15.8. The smallest absolute Gasteiger partial charge is 0.331 e. The van der Waals surface area contributed by atoms with Gasteiger partial charge in [-0.25, -0.2) is 4.79 Å². The van der Waals surface area contributed by atoms with Gasteiger partial charge in [-0.3, -0.25) is 9.48 Å². The Hall–Kier alpha value is -1.89. The van der Waals surface area contributed by atoms with Crippen LogP contribution in [0.3, 0.4) is 0 Å². The number of carbonyl (C=O) groups is 2. The van der Waals surface area contributed by atoms with Crippen LogP contribution in [0.2, 0.25) is 0 Å². The predicted octanol–water partition coefficient (Wildman–Crippen LogP) is 0.181. The van der Waals surface area contributed by atoms with Crippen LogP contribution in [0, 0.1) is 5.41 Å². The molecule has 1 aliphatic carbocycles. The van der Waals surface area contributed by atoms with Gasteiger partial charge in [-0.1, -0.05) is 12.8 Å². The second-order valence-corrected chi connectivity index (χ2v) is 5.38. The van der Waals surface area contributed by atoms with E-state index in [2.05, 4.69) is 10.4 Å². The zero-order chi connectivity index (χ0) is 14.8. The fourth-order valence-corrected chi connectivity index (χ4v) is 2.74. The fraction of sp³-hybridized carbons (Fsp3) is 0.615. The quantitative estimate of drug-likeness (QED) is 0.712. The van der Waals surface area contributed by atoms with Gasteiger partial charge in [0.2, 0.25) is 5.91 Å². The summed E-state index contributed by atoms with van der Waals surface area (Å²) in [5.74, 6) is -1.37. The number of aliphatic carboxylic acids is 1. The zero-order valence-corrected chi connectivity index (χ0v) is 11.5. The molecule has 1 unspecified atom stereocenters. The maximum absolute atomic E-state index is 12.4. The lowest BCUT2D eigenvalue weighted by Gasteiger charge is -2.27. The second kappa shape index (κ2) is 5.62. The van der Waals surface area contributed by atoms with Gasteiger partial charge in [0.25, 0.3) is 0 Å². The van der Waals surface area contributed by atoms with E-state index < -0.39 is 17.4 Å². The molecule has 0 aromatic carbocycles. The number of carboxylic acids is 1. The Kier molecular flexibility index (Phi) is 4.08. The van der Waals surface area contributed by atoms with Crippen molar-refractivity contribution in [2.75, 3.05) is 6.54 Å². The summed E-state index contributed by atoms with van der Waals surface area (Å²) in [4.78, 5) is 23.8. The van der Waals surface area contributed by atoms with Gasteiger partial charge in [-0.15, -0.1) is 0 Å². The fourth-order valence-electron chi connectivity index (χ4n) is 2.74. The average molecular weight is 280 g/mol. The number of carboxylic acid groups (broad SMARTS) is 1. The SMILES string of the molecule is Cn1cc(C(NC(=O)C2(CN)CCCC2)C(=O)O)cn1. The van der Waals surface area contributed by atoms with E-state index in [9.17, 15) is 14.7 Å². The first-order valence-electron chi connectivity index (χ1n) is 6.71. The third-order valence-corrected chi connectivity index (χ3v) is 4.01. The molecule has 7 nitrogen and oxygen atoms in total. The van der Waals surface area contributed by atoms with Gasteiger partial charge in [-0.05, 0) is 12.8 Å². The minimum Gasteiger partial charge on any atom is -0.479 e. The van der Waals surface area contributed by atoms with E-state index in [1.807, 2.05) is 0 Å². The Morgan fingerprint density at radius 3 is 2.65 bits per heavy atom. The summed E-state index contributed by atoms with van der Waals surface area (Å²) in [6.45, 7) is 0.248. The molecule has 110 valence electrons. The number of carbonyl (C=O) groups excluding carboxylic acids is 1. The van der Waals surface area contributed by atoms with Gasteiger partial charge in [0.15, 0.2) is 6.04 Å². The van der Waals surface area contributed by atoms with E-state index in [0.717, 1.165) is 12.8 Å². The van der Waals surface area contributed by atoms with Crippen LogP contribution < -0.4 is 11.1 Å². The van der Waals surface area contributed by atoms with Crippen LogP contribution in [-0.2, 0) is 16.6 Å². The first kappa shape index (κ1) is 14.5. The molecule has 0 aliphatic heterocycles. The summed E-state index contributed by atoms with van der Waals surface area (Å²) in [6.07, 6.45) is 6.37. The monoisotopic (exact) mass is 280 g/mol. The molecular weight excluding hydrogens is 260 g/mol. The van der Waals surface area contributed by atoms with Crippen molar-refractivity contribution in [1.82, 2.24) is 15.1 Å². The van der Waals surface area contributed by atoms with Crippen molar-refractivity contribution < 1.29 is 14.7 Å². The summed E-state index contributed by atoms with van der Waals surface area (Å²) < 4.78 is 1.51. The molecule has 0 radical (unpaired) electrons. The first-order valence-corrected chi connectivity index (χ1v) is 6.71. The van der Waals surface area contributed by atoms with E-state index in [1.54, 1.807) is 13.2 Å². The highest BCUT2D eigenvalue weighted by atomic mass is 16.4. The van der Waals surface area contributed by atoms with Gasteiger partial charge >= 0.3 is 5.97 Å². The van der Waals surface area contributed by atoms with Crippen LogP contribution in [0.25, 0.3) is 0 Å². The zero-order valence-electron chi connectivity index (χ0n) is 11.5. The van der Waals surface area contributed by atoms with E-state index in [4.69, 9.17) is 5.73 Å². The van der Waals surface area contributed by atoms with Crippen LogP contribution >= 0.6 is 0 Å². The lowest BCUT2D eigenvalue weighted by atomic mass is 9.85. The number of hydrogen-bond donors (Lipinski definition) is 3. The van der Waals surface area contributed by atoms with Gasteiger partial charge in [0.1, 0.15) is 0 Å². The van der Waals surface area contributed by atoms with Crippen molar-refractivity contribution in [1.29, 1.82) is 0 Å². The van der Waals surface area contributed by atoms with Crippen LogP contribution in [0.1, 0.15) is 37.3 Å². The van der Waals surface area contributed by atoms with Crippen molar-refractivity contribution in [3.05, 3.63) is 18.0 Å². The molecule has 20 heavy (non-hydrogen) atoms. The molecule has 0 bridgehead atoms. The van der Waals surface area contributed by atoms with Gasteiger partial charge < -0.3 is 16.2 Å². The third kappa shape index (κ3) is 2.67. The molecule has 1 amide bonds. The van der Waals surface area contributed by atoms with Crippen molar-refractivity contribution in [2.45, 2.75) is 31.7 Å². The molecule has 0 saturated heterocycles. The summed E-state index contributed by atoms with van der Waals surface area (Å²) in [5.41, 5.74) is 5.58. The molecule has 0 spiro atoms. The number of nitrogens with two attached hydrogens (primary N) is 1. The largest absolute Gasteiger partial charge is 0.479 e. The molecule has 1 heterocycles. The third-order valence-electron chi connectivity index (χ3n) is 4.01. The van der Waals surface area contributed by atoms with Crippen molar-refractivity contribution in [3.63, 3.8) is 0 Å². The van der Waals surface area contributed by atoms with Gasteiger partial charge in [0.05, 0.1) is 11.6 Å². The van der Waals surface area contributed by atoms with Crippen LogP contribution in [-0.4, -0.2) is 33.3 Å². The number of aromatic nitrogens is 2. The molecule has 1 aromatic heterocycles. The maximum Gasteiger partial charge on any atom is 0.331 e. The van der Waals surface area contributed by atoms with Crippen molar-refractivity contribution in [3.8, 4) is 0 Å². The first-order chi connectivity index (χ1) is 9.48. The Bertz CT molecular complexity index is 505. The number of nitrogens with one attached hydrogen (secondary N) is 1. The van der Waals surface area contributed by atoms with E-state index in [0.29, 0.717) is 18.4 Å². The number of amides is 1. The molecule has 1 saturated carbocycles. The van der Waals surface area contributed by atoms with Crippen LogP contribution in [0.4, 0.5) is 0 Å². The number of nitrogens with zero attached hydrogens (tertiary/aromatic N) is 2. The molecule has 1 fully saturated rings. The highest BCUT2D eigenvalue weighted by Crippen LogP contribution is 2.37. The second-order valence-electron chi connectivity index (χ2n) is 5.38. The van der Waals surface area contributed by atoms with Crippen molar-refractivity contribution >= 4 is 11.9 Å². The normalized spacial score (nSPS) is 18.7. The van der Waals surface area contributed by atoms with E-state index in [-0.39, 0.29) is 12.5 Å². The molecule has 1 aromatic rings. The lowest BCUT2D eigenvalue weighted by Crippen LogP contribution is -2.46. The minimum absolute atomic E-state index is 0.248. The Morgan fingerprint density at radius 1 is 1.55 bits per heavy atom. The molecule has 1 aliphatic rings. The highest BCUT2D eigenvalue weighted by molar-refractivity contribution is 5.88. The standard InChI is InChI=1S/C13H20N4O3/c1-17-7-9(6-15-17)10(11(18)19)16-12(20)13(8-14)4-2-3-5-13/h6-7,10H,2-5,8,14H2,1H3,(H,16,20)(H,18,19). The topological polar surface area (TPSA) is 110 Å². The van der Waals surface area contributed by atoms with Crippen LogP contribution in [0.15, 0.2) is 12.4 Å². The average Bonchev–Trinajstić information content (AvgIpc) is 3.04. The summed E-state index contributed by atoms with van der Waals surface area (Å²) in [6, 6.07) is -1.08. The Morgan fingerprint density at radius 2 is 2.20 bits per heavy atom. The Balaban J connectivity index is 2.16. The van der Waals surface area contributed by atoms with Crippen LogP contribution in [0.5, 0.6) is 0 Å². The molecule has 1 atom stereocenters. The van der Waals surface area contributed by atoms with E-state index in [1.165, 1.54) is 10.9 Å². The molecular formula is C13H20N4O3. The number of hydrogen-bond acceptors (Lipinski definition) is 4. The minimum atomic E-state index is -1.10. The van der Waals surface area contributed by atoms with E-state index >= 15 is 0 Å². The van der Waals surface area contributed by atoms with Crippen molar-refractivity contribution in [2.24, 2.45) is 18.2 Å². The van der Waals surface area contributed by atoms with Gasteiger partial charge in [0, 0.05) is 25.4 Å². The Labute approximate surface area is 117 Å². The molecule has 7 heteroatoms. The molecule has 4 N–H and O–H groups in total. The maximum atomic E-state index is 12.4. The highest BCUT2D eigenvalue weighted by Gasteiger charge is 2.41. The summed E-state index contributed by atoms with van der Waals surface area (Å²) in [7, 11) is 1.70.